The lowest BCUT2D eigenvalue weighted by molar-refractivity contribution is 0.0760. The molecule has 0 bridgehead atoms. The summed E-state index contributed by atoms with van der Waals surface area (Å²) in [7, 11) is 0. The number of benzene rings is 2. The summed E-state index contributed by atoms with van der Waals surface area (Å²) in [6.45, 7) is 3.63. The van der Waals surface area contributed by atoms with E-state index in [2.05, 4.69) is 10.3 Å². The van der Waals surface area contributed by atoms with E-state index in [1.54, 1.807) is 32.0 Å². The maximum atomic E-state index is 15.1. The minimum atomic E-state index is -1.41. The highest BCUT2D eigenvalue weighted by Gasteiger charge is 2.33. The van der Waals surface area contributed by atoms with E-state index in [4.69, 9.17) is 27.9 Å². The molecule has 0 spiro atoms. The number of para-hydroxylation sites is 1. The quantitative estimate of drug-likeness (QED) is 0.301. The van der Waals surface area contributed by atoms with E-state index in [1.807, 2.05) is 24.3 Å². The topological polar surface area (TPSA) is 71.5 Å². The molecular weight excluding hydrogens is 510 g/mol. The van der Waals surface area contributed by atoms with Crippen LogP contribution in [0.5, 0.6) is 5.75 Å². The van der Waals surface area contributed by atoms with E-state index < -0.39 is 11.4 Å². The van der Waals surface area contributed by atoms with Gasteiger partial charge in [0.15, 0.2) is 5.82 Å². The van der Waals surface area contributed by atoms with E-state index >= 15 is 4.39 Å². The molecule has 9 heteroatoms. The van der Waals surface area contributed by atoms with Gasteiger partial charge in [0, 0.05) is 33.2 Å². The lowest BCUT2D eigenvalue weighted by Crippen LogP contribution is -2.33. The van der Waals surface area contributed by atoms with Gasteiger partial charge in [-0.25, -0.2) is 4.39 Å². The number of ether oxygens (including phenoxy) is 1. The maximum Gasteiger partial charge on any atom is 0.262 e. The van der Waals surface area contributed by atoms with Crippen LogP contribution in [0.4, 0.5) is 4.39 Å². The van der Waals surface area contributed by atoms with Crippen LogP contribution in [0, 0.1) is 5.82 Å². The molecule has 5 nitrogen and oxygen atoms in total. The molecule has 1 atom stereocenters. The minimum absolute atomic E-state index is 0.227. The molecule has 0 saturated carbocycles. The van der Waals surface area contributed by atoms with Crippen molar-refractivity contribution in [3.63, 3.8) is 0 Å². The number of aromatic nitrogens is 1. The Hall–Kier alpha value is -2.71. The molecular formula is C26H21Cl2FN2O3S. The van der Waals surface area contributed by atoms with Crippen molar-refractivity contribution in [3.05, 3.63) is 80.5 Å². The van der Waals surface area contributed by atoms with Crippen LogP contribution in [-0.2, 0) is 5.60 Å². The molecule has 0 unspecified atom stereocenters. The van der Waals surface area contributed by atoms with E-state index in [-0.39, 0.29) is 22.4 Å². The fraction of sp³-hybridized carbons (Fsp3) is 0.231. The summed E-state index contributed by atoms with van der Waals surface area (Å²) in [6, 6.07) is 12.1. The average molecular weight is 531 g/mol. The summed E-state index contributed by atoms with van der Waals surface area (Å²) in [4.78, 5) is 18.1. The van der Waals surface area contributed by atoms with Crippen molar-refractivity contribution in [1.29, 1.82) is 0 Å². The number of hydrogen-bond acceptors (Lipinski definition) is 5. The minimum Gasteiger partial charge on any atom is -0.493 e. The van der Waals surface area contributed by atoms with Crippen molar-refractivity contribution >= 4 is 50.7 Å². The van der Waals surface area contributed by atoms with Crippen LogP contribution in [0.3, 0.4) is 0 Å². The largest absolute Gasteiger partial charge is 0.493 e. The molecule has 2 aromatic carbocycles. The van der Waals surface area contributed by atoms with Gasteiger partial charge in [-0.15, -0.1) is 11.3 Å². The third kappa shape index (κ3) is 4.49. The molecule has 5 rings (SSSR count). The zero-order chi connectivity index (χ0) is 24.9. The summed E-state index contributed by atoms with van der Waals surface area (Å²) in [5.74, 6) is -0.223. The van der Waals surface area contributed by atoms with Gasteiger partial charge in [-0.2, -0.15) is 0 Å². The van der Waals surface area contributed by atoms with Gasteiger partial charge >= 0.3 is 0 Å². The summed E-state index contributed by atoms with van der Waals surface area (Å²) < 4.78 is 21.3. The van der Waals surface area contributed by atoms with Gasteiger partial charge in [0.05, 0.1) is 34.7 Å². The molecule has 35 heavy (non-hydrogen) atoms. The van der Waals surface area contributed by atoms with Gasteiger partial charge in [-0.1, -0.05) is 41.4 Å². The number of nitrogens with zero attached hydrogens (tertiary/aromatic N) is 1. The van der Waals surface area contributed by atoms with Crippen LogP contribution in [0.15, 0.2) is 48.7 Å². The number of fused-ring (bicyclic) bond motifs is 2. The zero-order valence-electron chi connectivity index (χ0n) is 18.9. The molecule has 1 aliphatic heterocycles. The lowest BCUT2D eigenvalue weighted by atomic mass is 9.95. The van der Waals surface area contributed by atoms with Crippen molar-refractivity contribution in [2.24, 2.45) is 0 Å². The number of amides is 1. The molecule has 2 N–H and O–H groups in total. The van der Waals surface area contributed by atoms with Crippen LogP contribution in [0.2, 0.25) is 10.0 Å². The number of nitrogens with one attached hydrogen (secondary N) is 1. The fourth-order valence-corrected chi connectivity index (χ4v) is 6.32. The molecule has 2 aromatic heterocycles. The number of aliphatic hydroxyl groups is 1. The maximum absolute atomic E-state index is 15.1. The van der Waals surface area contributed by atoms with Crippen LogP contribution in [-0.4, -0.2) is 22.6 Å². The number of halogens is 3. The normalized spacial score (nSPS) is 15.5. The zero-order valence-corrected chi connectivity index (χ0v) is 21.2. The first-order valence-corrected chi connectivity index (χ1v) is 12.5. The van der Waals surface area contributed by atoms with Crippen molar-refractivity contribution < 1.29 is 19.0 Å². The van der Waals surface area contributed by atoms with Gasteiger partial charge < -0.3 is 15.2 Å². The Morgan fingerprint density at radius 1 is 1.23 bits per heavy atom. The van der Waals surface area contributed by atoms with Crippen LogP contribution < -0.4 is 10.1 Å². The fourth-order valence-electron chi connectivity index (χ4n) is 4.42. The highest BCUT2D eigenvalue weighted by molar-refractivity contribution is 7.21. The molecule has 3 heterocycles. The Balaban J connectivity index is 1.65. The Labute approximate surface area is 215 Å². The molecule has 180 valence electrons. The predicted octanol–water partition coefficient (Wildman–Crippen LogP) is 6.89. The number of rotatable bonds is 4. The Morgan fingerprint density at radius 2 is 1.94 bits per heavy atom. The molecule has 0 aliphatic carbocycles. The van der Waals surface area contributed by atoms with E-state index in [9.17, 15) is 9.90 Å². The third-order valence-corrected chi connectivity index (χ3v) is 7.52. The smallest absolute Gasteiger partial charge is 0.262 e. The van der Waals surface area contributed by atoms with Crippen molar-refractivity contribution in [1.82, 2.24) is 10.3 Å². The van der Waals surface area contributed by atoms with Crippen molar-refractivity contribution in [3.8, 4) is 16.9 Å². The van der Waals surface area contributed by atoms with E-state index in [0.717, 1.165) is 28.8 Å². The number of carbonyl (C=O) groups is 1. The summed E-state index contributed by atoms with van der Waals surface area (Å²) in [6.07, 6.45) is 1.69. The number of pyridine rings is 1. The number of carbonyl (C=O) groups excluding carboxylic acids is 1. The number of thiophene rings is 1. The second kappa shape index (κ2) is 9.06. The Morgan fingerprint density at radius 3 is 2.66 bits per heavy atom. The molecule has 1 amide bonds. The second-order valence-electron chi connectivity index (χ2n) is 8.88. The van der Waals surface area contributed by atoms with Gasteiger partial charge in [-0.3, -0.25) is 9.78 Å². The average Bonchev–Trinajstić information content (AvgIpc) is 3.19. The van der Waals surface area contributed by atoms with Gasteiger partial charge in [0.1, 0.15) is 10.6 Å². The number of hydrogen-bond donors (Lipinski definition) is 2. The monoisotopic (exact) mass is 530 g/mol. The first kappa shape index (κ1) is 24.0. The first-order valence-electron chi connectivity index (χ1n) is 11.0. The molecule has 4 aromatic rings. The summed E-state index contributed by atoms with van der Waals surface area (Å²) in [5, 5.41) is 14.8. The Kier molecular flexibility index (Phi) is 6.21. The van der Waals surface area contributed by atoms with Gasteiger partial charge in [0.25, 0.3) is 5.91 Å². The van der Waals surface area contributed by atoms with Crippen molar-refractivity contribution in [2.45, 2.75) is 31.9 Å². The SMILES string of the molecule is CC(C)(O)c1c(C(=O)N[C@H]2CCOc3ccccc32)sc2c(-c3cc(Cl)cc(Cl)c3)c(F)cnc12. The van der Waals surface area contributed by atoms with E-state index in [1.165, 1.54) is 0 Å². The van der Waals surface area contributed by atoms with Crippen LogP contribution >= 0.6 is 34.5 Å². The van der Waals surface area contributed by atoms with Gasteiger partial charge in [-0.05, 0) is 43.7 Å². The van der Waals surface area contributed by atoms with E-state index in [0.29, 0.717) is 44.4 Å². The molecule has 0 fully saturated rings. The molecule has 1 aliphatic rings. The first-order chi connectivity index (χ1) is 16.6. The Bertz CT molecular complexity index is 1440. The van der Waals surface area contributed by atoms with Gasteiger partial charge in [0.2, 0.25) is 0 Å². The second-order valence-corrected chi connectivity index (χ2v) is 10.8. The summed E-state index contributed by atoms with van der Waals surface area (Å²) >= 11 is 13.4. The molecule has 0 radical (unpaired) electrons. The van der Waals surface area contributed by atoms with Crippen LogP contribution in [0.1, 0.15) is 47.1 Å². The third-order valence-electron chi connectivity index (χ3n) is 5.89. The lowest BCUT2D eigenvalue weighted by Gasteiger charge is -2.27. The summed E-state index contributed by atoms with van der Waals surface area (Å²) in [5.41, 5.74) is 0.854. The highest BCUT2D eigenvalue weighted by Crippen LogP contribution is 2.44. The van der Waals surface area contributed by atoms with Crippen LogP contribution in [0.25, 0.3) is 21.3 Å². The highest BCUT2D eigenvalue weighted by atomic mass is 35.5. The molecule has 0 saturated heterocycles. The standard InChI is InChI=1S/C26H21Cl2FN2O3S/c1-26(2,33)21-22-23(20(17(29)12-30-22)13-9-14(27)11-15(28)10-13)35-24(21)25(32)31-18-7-8-34-19-6-4-3-5-16(18)19/h3-6,9-12,18,33H,7-8H2,1-2H3,(H,31,32)/t18-/m0/s1. The predicted molar refractivity (Wildman–Crippen MR) is 137 cm³/mol. The van der Waals surface area contributed by atoms with Crippen molar-refractivity contribution in [2.75, 3.05) is 6.61 Å².